The highest BCUT2D eigenvalue weighted by Gasteiger charge is 2.14. The maximum absolute atomic E-state index is 11.8. The molecule has 1 unspecified atom stereocenters. The quantitative estimate of drug-likeness (QED) is 0.698. The summed E-state index contributed by atoms with van der Waals surface area (Å²) in [4.78, 5) is 22.4. The monoisotopic (exact) mass is 255 g/mol. The average molecular weight is 256 g/mol. The first-order chi connectivity index (χ1) is 7.90. The van der Waals surface area contributed by atoms with E-state index in [9.17, 15) is 9.59 Å². The van der Waals surface area contributed by atoms with Crippen LogP contribution in [0.15, 0.2) is 18.2 Å². The Labute approximate surface area is 104 Å². The maximum Gasteiger partial charge on any atom is 0.253 e. The molecule has 0 heterocycles. The third-order valence-corrected chi connectivity index (χ3v) is 2.44. The van der Waals surface area contributed by atoms with Crippen molar-refractivity contribution in [1.29, 1.82) is 0 Å². The van der Waals surface area contributed by atoms with Gasteiger partial charge in [0, 0.05) is 18.2 Å². The molecule has 0 aliphatic heterocycles. The van der Waals surface area contributed by atoms with Crippen LogP contribution in [0.1, 0.15) is 23.7 Å². The number of amides is 2. The van der Waals surface area contributed by atoms with Gasteiger partial charge in [0.1, 0.15) is 0 Å². The van der Waals surface area contributed by atoms with Crippen LogP contribution in [-0.4, -0.2) is 17.9 Å². The lowest BCUT2D eigenvalue weighted by Crippen LogP contribution is -2.35. The van der Waals surface area contributed by atoms with Crippen LogP contribution in [0.5, 0.6) is 0 Å². The predicted molar refractivity (Wildman–Crippen MR) is 66.6 cm³/mol. The second kappa shape index (κ2) is 5.54. The van der Waals surface area contributed by atoms with Crippen LogP contribution >= 0.6 is 11.6 Å². The van der Waals surface area contributed by atoms with E-state index >= 15 is 0 Å². The molecule has 1 rings (SSSR count). The minimum Gasteiger partial charge on any atom is -0.399 e. The first-order valence-electron chi connectivity index (χ1n) is 5.04. The molecule has 0 radical (unpaired) electrons. The Kier molecular flexibility index (Phi) is 4.34. The number of rotatable bonds is 4. The van der Waals surface area contributed by atoms with E-state index < -0.39 is 5.91 Å². The topological polar surface area (TPSA) is 98.2 Å². The Morgan fingerprint density at radius 2 is 2.12 bits per heavy atom. The van der Waals surface area contributed by atoms with Gasteiger partial charge in [-0.1, -0.05) is 11.6 Å². The minimum atomic E-state index is -0.471. The lowest BCUT2D eigenvalue weighted by molar-refractivity contribution is -0.118. The second-order valence-electron chi connectivity index (χ2n) is 3.78. The van der Waals surface area contributed by atoms with Crippen LogP contribution in [0, 0.1) is 0 Å². The third-order valence-electron chi connectivity index (χ3n) is 2.12. The molecule has 0 fully saturated rings. The van der Waals surface area contributed by atoms with Crippen molar-refractivity contribution in [3.8, 4) is 0 Å². The number of carbonyl (C=O) groups is 2. The predicted octanol–water partition coefficient (Wildman–Crippen LogP) is 0.916. The molecule has 6 heteroatoms. The number of nitrogen functional groups attached to an aromatic ring is 1. The van der Waals surface area contributed by atoms with Crippen molar-refractivity contribution in [3.63, 3.8) is 0 Å². The molecule has 0 spiro atoms. The summed E-state index contributed by atoms with van der Waals surface area (Å²) in [6, 6.07) is 4.27. The van der Waals surface area contributed by atoms with Gasteiger partial charge in [-0.15, -0.1) is 0 Å². The first-order valence-corrected chi connectivity index (χ1v) is 5.42. The van der Waals surface area contributed by atoms with Gasteiger partial charge < -0.3 is 16.8 Å². The number of nitrogens with one attached hydrogen (secondary N) is 1. The Morgan fingerprint density at radius 1 is 1.47 bits per heavy atom. The molecular weight excluding hydrogens is 242 g/mol. The van der Waals surface area contributed by atoms with Crippen molar-refractivity contribution < 1.29 is 9.59 Å². The van der Waals surface area contributed by atoms with Gasteiger partial charge in [0.15, 0.2) is 0 Å². The molecule has 0 aliphatic carbocycles. The molecule has 0 bridgehead atoms. The summed E-state index contributed by atoms with van der Waals surface area (Å²) in [7, 11) is 0. The number of benzene rings is 1. The number of carbonyl (C=O) groups excluding carboxylic acids is 2. The Hall–Kier alpha value is -1.75. The van der Waals surface area contributed by atoms with Crippen molar-refractivity contribution in [2.75, 3.05) is 5.73 Å². The van der Waals surface area contributed by atoms with Crippen LogP contribution < -0.4 is 16.8 Å². The molecule has 5 N–H and O–H groups in total. The van der Waals surface area contributed by atoms with Gasteiger partial charge in [0.05, 0.1) is 10.6 Å². The van der Waals surface area contributed by atoms with Crippen LogP contribution in [-0.2, 0) is 4.79 Å². The fourth-order valence-electron chi connectivity index (χ4n) is 1.37. The highest BCUT2D eigenvalue weighted by molar-refractivity contribution is 6.34. The lowest BCUT2D eigenvalue weighted by atomic mass is 10.1. The molecule has 0 aliphatic rings. The molecule has 2 amide bonds. The molecule has 0 aromatic heterocycles. The van der Waals surface area contributed by atoms with Gasteiger partial charge in [0.2, 0.25) is 5.91 Å². The first kappa shape index (κ1) is 13.3. The van der Waals surface area contributed by atoms with E-state index in [4.69, 9.17) is 23.1 Å². The van der Waals surface area contributed by atoms with E-state index in [1.165, 1.54) is 12.1 Å². The summed E-state index contributed by atoms with van der Waals surface area (Å²) >= 11 is 5.88. The van der Waals surface area contributed by atoms with Crippen LogP contribution in [0.4, 0.5) is 5.69 Å². The number of primary amides is 1. The van der Waals surface area contributed by atoms with E-state index in [0.29, 0.717) is 11.3 Å². The van der Waals surface area contributed by atoms with Gasteiger partial charge >= 0.3 is 0 Å². The van der Waals surface area contributed by atoms with Gasteiger partial charge in [-0.2, -0.15) is 0 Å². The van der Waals surface area contributed by atoms with Gasteiger partial charge in [-0.3, -0.25) is 9.59 Å². The summed E-state index contributed by atoms with van der Waals surface area (Å²) in [5.41, 5.74) is 11.3. The van der Waals surface area contributed by atoms with Crippen molar-refractivity contribution in [3.05, 3.63) is 28.8 Å². The fourth-order valence-corrected chi connectivity index (χ4v) is 1.64. The number of hydrogen-bond acceptors (Lipinski definition) is 3. The SMILES string of the molecule is CC(CC(N)=O)NC(=O)c1ccc(N)cc1Cl. The van der Waals surface area contributed by atoms with Crippen LogP contribution in [0.25, 0.3) is 0 Å². The van der Waals surface area contributed by atoms with Crippen molar-refractivity contribution in [2.45, 2.75) is 19.4 Å². The smallest absolute Gasteiger partial charge is 0.253 e. The van der Waals surface area contributed by atoms with Crippen LogP contribution in [0.3, 0.4) is 0 Å². The fraction of sp³-hybridized carbons (Fsp3) is 0.273. The Bertz CT molecular complexity index is 448. The molecule has 0 saturated carbocycles. The summed E-state index contributed by atoms with van der Waals surface area (Å²) < 4.78 is 0. The molecular formula is C11H14ClN3O2. The van der Waals surface area contributed by atoms with E-state index in [1.54, 1.807) is 13.0 Å². The Balaban J connectivity index is 2.73. The number of nitrogens with two attached hydrogens (primary N) is 2. The second-order valence-corrected chi connectivity index (χ2v) is 4.19. The van der Waals surface area contributed by atoms with Crippen LogP contribution in [0.2, 0.25) is 5.02 Å². The Morgan fingerprint density at radius 3 is 2.65 bits per heavy atom. The lowest BCUT2D eigenvalue weighted by Gasteiger charge is -2.12. The zero-order valence-electron chi connectivity index (χ0n) is 9.37. The van der Waals surface area contributed by atoms with Gasteiger partial charge in [-0.25, -0.2) is 0 Å². The molecule has 1 aromatic carbocycles. The van der Waals surface area contributed by atoms with Crippen molar-refractivity contribution >= 4 is 29.1 Å². The van der Waals surface area contributed by atoms with Crippen molar-refractivity contribution in [2.24, 2.45) is 5.73 Å². The molecule has 1 atom stereocenters. The molecule has 1 aromatic rings. The van der Waals surface area contributed by atoms with Gasteiger partial charge in [0.25, 0.3) is 5.91 Å². The highest BCUT2D eigenvalue weighted by atomic mass is 35.5. The summed E-state index contributed by atoms with van der Waals surface area (Å²) in [5, 5.41) is 2.89. The van der Waals surface area contributed by atoms with Gasteiger partial charge in [-0.05, 0) is 25.1 Å². The van der Waals surface area contributed by atoms with E-state index in [0.717, 1.165) is 0 Å². The molecule has 5 nitrogen and oxygen atoms in total. The minimum absolute atomic E-state index is 0.0817. The largest absolute Gasteiger partial charge is 0.399 e. The zero-order chi connectivity index (χ0) is 13.0. The number of halogens is 1. The summed E-state index contributed by atoms with van der Waals surface area (Å²) in [5.74, 6) is -0.829. The van der Waals surface area contributed by atoms with Crippen molar-refractivity contribution in [1.82, 2.24) is 5.32 Å². The third kappa shape index (κ3) is 3.96. The zero-order valence-corrected chi connectivity index (χ0v) is 10.1. The van der Waals surface area contributed by atoms with E-state index in [-0.39, 0.29) is 23.4 Å². The van der Waals surface area contributed by atoms with E-state index in [2.05, 4.69) is 5.32 Å². The standard InChI is InChI=1S/C11H14ClN3O2/c1-6(4-10(14)16)15-11(17)8-3-2-7(13)5-9(8)12/h2-3,5-6H,4,13H2,1H3,(H2,14,16)(H,15,17). The normalized spacial score (nSPS) is 11.9. The molecule has 0 saturated heterocycles. The average Bonchev–Trinajstić information content (AvgIpc) is 2.15. The summed E-state index contributed by atoms with van der Waals surface area (Å²) in [6.07, 6.45) is 0.0817. The molecule has 17 heavy (non-hydrogen) atoms. The number of hydrogen-bond donors (Lipinski definition) is 3. The van der Waals surface area contributed by atoms with E-state index in [1.807, 2.05) is 0 Å². The molecule has 92 valence electrons. The number of anilines is 1. The highest BCUT2D eigenvalue weighted by Crippen LogP contribution is 2.19. The summed E-state index contributed by atoms with van der Waals surface area (Å²) in [6.45, 7) is 1.69. The maximum atomic E-state index is 11.8.